The Morgan fingerprint density at radius 1 is 1.27 bits per heavy atom. The molecule has 3 heterocycles. The normalized spacial score (nSPS) is 20.2. The van der Waals surface area contributed by atoms with E-state index in [4.69, 9.17) is 17.3 Å². The lowest BCUT2D eigenvalue weighted by Crippen LogP contribution is -2.29. The Morgan fingerprint density at radius 2 is 2.18 bits per heavy atom. The Labute approximate surface area is 144 Å². The van der Waals surface area contributed by atoms with Crippen LogP contribution in [0.2, 0.25) is 0 Å². The maximum atomic E-state index is 5.74. The van der Waals surface area contributed by atoms with Crippen molar-refractivity contribution >= 4 is 35.3 Å². The van der Waals surface area contributed by atoms with Crippen LogP contribution >= 0.6 is 35.3 Å². The Kier molecular flexibility index (Phi) is 4.39. The van der Waals surface area contributed by atoms with Crippen LogP contribution in [0.1, 0.15) is 25.3 Å². The van der Waals surface area contributed by atoms with Gasteiger partial charge in [0.25, 0.3) is 0 Å². The van der Waals surface area contributed by atoms with Crippen LogP contribution in [0.3, 0.4) is 0 Å². The number of rotatable bonds is 4. The molecule has 0 radical (unpaired) electrons. The molecule has 118 valence electrons. The summed E-state index contributed by atoms with van der Waals surface area (Å²) < 4.78 is 5.22. The van der Waals surface area contributed by atoms with Gasteiger partial charge in [-0.15, -0.1) is 16.4 Å². The average Bonchev–Trinajstić information content (AvgIpc) is 3.19. The molecule has 2 aromatic rings. The minimum Gasteiger partial charge on any atom is -0.296 e. The topological polar surface area (TPSA) is 26.0 Å². The van der Waals surface area contributed by atoms with Gasteiger partial charge in [-0.05, 0) is 48.7 Å². The fraction of sp³-hybridized carbons (Fsp3) is 0.600. The fourth-order valence-corrected chi connectivity index (χ4v) is 4.84. The van der Waals surface area contributed by atoms with Crippen molar-refractivity contribution in [1.29, 1.82) is 0 Å². The molecular formula is C15H20N4S3. The van der Waals surface area contributed by atoms with Gasteiger partial charge in [0.05, 0.1) is 11.5 Å². The van der Waals surface area contributed by atoms with Crippen molar-refractivity contribution in [1.82, 2.24) is 19.2 Å². The SMILES string of the molecule is S=c1n(CN2CCCSCC2)nc(-c2cccs2)n1C1CC1. The molecule has 7 heteroatoms. The summed E-state index contributed by atoms with van der Waals surface area (Å²) in [6, 6.07) is 4.80. The van der Waals surface area contributed by atoms with Crippen molar-refractivity contribution in [3.63, 3.8) is 0 Å². The molecule has 4 rings (SSSR count). The molecule has 2 fully saturated rings. The highest BCUT2D eigenvalue weighted by molar-refractivity contribution is 7.99. The maximum absolute atomic E-state index is 5.74. The second kappa shape index (κ2) is 6.47. The predicted molar refractivity (Wildman–Crippen MR) is 96.2 cm³/mol. The average molecular weight is 353 g/mol. The summed E-state index contributed by atoms with van der Waals surface area (Å²) in [6.07, 6.45) is 3.73. The highest BCUT2D eigenvalue weighted by atomic mass is 32.2. The summed E-state index contributed by atoms with van der Waals surface area (Å²) in [5, 5.41) is 6.99. The first-order valence-electron chi connectivity index (χ1n) is 7.86. The summed E-state index contributed by atoms with van der Waals surface area (Å²) in [5.41, 5.74) is 0. The Bertz CT molecular complexity index is 676. The van der Waals surface area contributed by atoms with E-state index in [0.717, 1.165) is 30.4 Å². The molecule has 0 atom stereocenters. The number of nitrogens with zero attached hydrogens (tertiary/aromatic N) is 4. The van der Waals surface area contributed by atoms with Crippen molar-refractivity contribution < 1.29 is 0 Å². The zero-order valence-electron chi connectivity index (χ0n) is 12.5. The molecule has 1 aliphatic heterocycles. The molecular weight excluding hydrogens is 332 g/mol. The van der Waals surface area contributed by atoms with Gasteiger partial charge in [0.15, 0.2) is 10.6 Å². The first-order valence-corrected chi connectivity index (χ1v) is 10.3. The van der Waals surface area contributed by atoms with Crippen LogP contribution in [-0.4, -0.2) is 43.8 Å². The van der Waals surface area contributed by atoms with E-state index in [1.165, 1.54) is 35.6 Å². The van der Waals surface area contributed by atoms with E-state index >= 15 is 0 Å². The van der Waals surface area contributed by atoms with Gasteiger partial charge in [0.2, 0.25) is 0 Å². The predicted octanol–water partition coefficient (Wildman–Crippen LogP) is 3.87. The summed E-state index contributed by atoms with van der Waals surface area (Å²) in [6.45, 7) is 3.12. The van der Waals surface area contributed by atoms with Crippen LogP contribution in [0.25, 0.3) is 10.7 Å². The van der Waals surface area contributed by atoms with Crippen LogP contribution in [0, 0.1) is 4.77 Å². The van der Waals surface area contributed by atoms with E-state index in [-0.39, 0.29) is 0 Å². The van der Waals surface area contributed by atoms with Crippen LogP contribution in [0.5, 0.6) is 0 Å². The molecule has 0 spiro atoms. The van der Waals surface area contributed by atoms with Crippen LogP contribution < -0.4 is 0 Å². The molecule has 0 N–H and O–H groups in total. The lowest BCUT2D eigenvalue weighted by Gasteiger charge is -2.18. The minimum absolute atomic E-state index is 0.568. The minimum atomic E-state index is 0.568. The zero-order chi connectivity index (χ0) is 14.9. The Hall–Kier alpha value is -0.630. The monoisotopic (exact) mass is 352 g/mol. The van der Waals surface area contributed by atoms with E-state index in [1.807, 2.05) is 4.68 Å². The van der Waals surface area contributed by atoms with Gasteiger partial charge in [-0.25, -0.2) is 4.68 Å². The maximum Gasteiger partial charge on any atom is 0.199 e. The van der Waals surface area contributed by atoms with Crippen molar-refractivity contribution in [3.05, 3.63) is 22.3 Å². The quantitative estimate of drug-likeness (QED) is 0.780. The van der Waals surface area contributed by atoms with Gasteiger partial charge in [0, 0.05) is 24.9 Å². The summed E-state index contributed by atoms with van der Waals surface area (Å²) >= 11 is 9.54. The molecule has 1 saturated carbocycles. The molecule has 4 nitrogen and oxygen atoms in total. The molecule has 1 aliphatic carbocycles. The van der Waals surface area contributed by atoms with Gasteiger partial charge in [-0.2, -0.15) is 11.8 Å². The van der Waals surface area contributed by atoms with Gasteiger partial charge in [-0.3, -0.25) is 9.47 Å². The van der Waals surface area contributed by atoms with Crippen LogP contribution in [0.4, 0.5) is 0 Å². The molecule has 0 aromatic carbocycles. The third kappa shape index (κ3) is 3.04. The second-order valence-corrected chi connectivity index (χ2v) is 8.45. The first kappa shape index (κ1) is 14.9. The second-order valence-electron chi connectivity index (χ2n) is 5.91. The van der Waals surface area contributed by atoms with Crippen molar-refractivity contribution in [2.24, 2.45) is 0 Å². The number of hydrogen-bond donors (Lipinski definition) is 0. The van der Waals surface area contributed by atoms with Crippen molar-refractivity contribution in [2.75, 3.05) is 24.6 Å². The number of thiophene rings is 1. The highest BCUT2D eigenvalue weighted by Gasteiger charge is 2.29. The van der Waals surface area contributed by atoms with Crippen molar-refractivity contribution in [2.45, 2.75) is 32.0 Å². The lowest BCUT2D eigenvalue weighted by molar-refractivity contribution is 0.221. The Balaban J connectivity index is 1.65. The van der Waals surface area contributed by atoms with Gasteiger partial charge < -0.3 is 0 Å². The van der Waals surface area contributed by atoms with E-state index in [2.05, 4.69) is 38.7 Å². The molecule has 1 saturated heterocycles. The molecule has 0 unspecified atom stereocenters. The summed E-state index contributed by atoms with van der Waals surface area (Å²) in [4.78, 5) is 3.71. The van der Waals surface area contributed by atoms with E-state index in [1.54, 1.807) is 11.3 Å². The largest absolute Gasteiger partial charge is 0.296 e. The summed E-state index contributed by atoms with van der Waals surface area (Å²) in [5.74, 6) is 3.56. The lowest BCUT2D eigenvalue weighted by atomic mass is 10.4. The van der Waals surface area contributed by atoms with Crippen LogP contribution in [0.15, 0.2) is 17.5 Å². The highest BCUT2D eigenvalue weighted by Crippen LogP contribution is 2.39. The van der Waals surface area contributed by atoms with E-state index < -0.39 is 0 Å². The standard InChI is InChI=1S/C15H20N4S3/c20-15-18(11-17-6-2-8-21-10-7-17)16-14(13-3-1-9-22-13)19(15)12-4-5-12/h1,3,9,12H,2,4-8,10-11H2. The number of thioether (sulfide) groups is 1. The van der Waals surface area contributed by atoms with E-state index in [9.17, 15) is 0 Å². The van der Waals surface area contributed by atoms with Gasteiger partial charge in [0.1, 0.15) is 0 Å². The molecule has 2 aliphatic rings. The third-order valence-electron chi connectivity index (χ3n) is 4.17. The smallest absolute Gasteiger partial charge is 0.199 e. The Morgan fingerprint density at radius 3 is 2.95 bits per heavy atom. The molecule has 2 aromatic heterocycles. The van der Waals surface area contributed by atoms with Gasteiger partial charge in [-0.1, -0.05) is 6.07 Å². The van der Waals surface area contributed by atoms with E-state index in [0.29, 0.717) is 6.04 Å². The third-order valence-corrected chi connectivity index (χ3v) is 6.49. The number of hydrogen-bond acceptors (Lipinski definition) is 5. The first-order chi connectivity index (χ1) is 10.8. The molecule has 0 amide bonds. The van der Waals surface area contributed by atoms with Crippen molar-refractivity contribution in [3.8, 4) is 10.7 Å². The number of aromatic nitrogens is 3. The molecule has 22 heavy (non-hydrogen) atoms. The zero-order valence-corrected chi connectivity index (χ0v) is 14.9. The van der Waals surface area contributed by atoms with Crippen LogP contribution in [-0.2, 0) is 6.67 Å². The summed E-state index contributed by atoms with van der Waals surface area (Å²) in [7, 11) is 0. The molecule has 0 bridgehead atoms. The fourth-order valence-electron chi connectivity index (χ4n) is 2.88. The van der Waals surface area contributed by atoms with Gasteiger partial charge >= 0.3 is 0 Å².